The third-order valence-corrected chi connectivity index (χ3v) is 4.73. The Morgan fingerprint density at radius 1 is 1.16 bits per heavy atom. The zero-order chi connectivity index (χ0) is 17.8. The normalized spacial score (nSPS) is 25.5. The maximum atomic E-state index is 12.4. The lowest BCUT2D eigenvalue weighted by Gasteiger charge is -2.14. The van der Waals surface area contributed by atoms with Gasteiger partial charge in [-0.15, -0.1) is 0 Å². The SMILES string of the molecule is O=C(N[C@@H]1CC[C@@H](C(=O)O)C1)c1cccc(NC(=O)[C@@H]2CCCO2)c1. The second kappa shape index (κ2) is 7.65. The molecule has 1 aromatic carbocycles. The van der Waals surface area contributed by atoms with E-state index in [1.54, 1.807) is 24.3 Å². The van der Waals surface area contributed by atoms with Crippen molar-refractivity contribution in [2.75, 3.05) is 11.9 Å². The molecule has 1 saturated heterocycles. The minimum absolute atomic E-state index is 0.126. The number of nitrogens with one attached hydrogen (secondary N) is 2. The molecule has 1 saturated carbocycles. The van der Waals surface area contributed by atoms with Gasteiger partial charge in [-0.25, -0.2) is 0 Å². The summed E-state index contributed by atoms with van der Waals surface area (Å²) in [5.74, 6) is -1.66. The first-order chi connectivity index (χ1) is 12.0. The molecule has 25 heavy (non-hydrogen) atoms. The van der Waals surface area contributed by atoms with E-state index < -0.39 is 12.1 Å². The Balaban J connectivity index is 1.58. The Hall–Kier alpha value is -2.41. The lowest BCUT2D eigenvalue weighted by molar-refractivity contribution is -0.141. The second-order valence-corrected chi connectivity index (χ2v) is 6.59. The van der Waals surface area contributed by atoms with E-state index in [0.717, 1.165) is 6.42 Å². The van der Waals surface area contributed by atoms with Crippen LogP contribution in [0.1, 0.15) is 42.5 Å². The number of ether oxygens (including phenoxy) is 1. The lowest BCUT2D eigenvalue weighted by atomic mass is 10.1. The molecule has 3 rings (SSSR count). The molecule has 1 aliphatic heterocycles. The summed E-state index contributed by atoms with van der Waals surface area (Å²) >= 11 is 0. The number of carbonyl (C=O) groups excluding carboxylic acids is 2. The van der Waals surface area contributed by atoms with Gasteiger partial charge in [0.05, 0.1) is 5.92 Å². The fraction of sp³-hybridized carbons (Fsp3) is 0.500. The molecular weight excluding hydrogens is 324 g/mol. The van der Waals surface area contributed by atoms with Crippen LogP contribution in [0.2, 0.25) is 0 Å². The van der Waals surface area contributed by atoms with Crippen LogP contribution in [0, 0.1) is 5.92 Å². The summed E-state index contributed by atoms with van der Waals surface area (Å²) in [6, 6.07) is 6.58. The number of carboxylic acid groups (broad SMARTS) is 1. The van der Waals surface area contributed by atoms with Crippen molar-refractivity contribution in [1.82, 2.24) is 5.32 Å². The van der Waals surface area contributed by atoms with Crippen molar-refractivity contribution in [2.45, 2.75) is 44.2 Å². The largest absolute Gasteiger partial charge is 0.481 e. The maximum absolute atomic E-state index is 12.4. The van der Waals surface area contributed by atoms with Crippen molar-refractivity contribution in [3.05, 3.63) is 29.8 Å². The molecule has 134 valence electrons. The Labute approximate surface area is 145 Å². The van der Waals surface area contributed by atoms with Crippen molar-refractivity contribution in [2.24, 2.45) is 5.92 Å². The van der Waals surface area contributed by atoms with Gasteiger partial charge in [0, 0.05) is 23.9 Å². The quantitative estimate of drug-likeness (QED) is 0.754. The number of anilines is 1. The van der Waals surface area contributed by atoms with Gasteiger partial charge >= 0.3 is 5.97 Å². The summed E-state index contributed by atoms with van der Waals surface area (Å²) in [7, 11) is 0. The van der Waals surface area contributed by atoms with E-state index in [9.17, 15) is 14.4 Å². The molecule has 7 nitrogen and oxygen atoms in total. The third-order valence-electron chi connectivity index (χ3n) is 4.73. The fourth-order valence-corrected chi connectivity index (χ4v) is 3.35. The Morgan fingerprint density at radius 3 is 2.68 bits per heavy atom. The molecule has 0 bridgehead atoms. The van der Waals surface area contributed by atoms with Crippen molar-refractivity contribution < 1.29 is 24.2 Å². The maximum Gasteiger partial charge on any atom is 0.306 e. The molecule has 0 aromatic heterocycles. The highest BCUT2D eigenvalue weighted by Gasteiger charge is 2.30. The Morgan fingerprint density at radius 2 is 2.00 bits per heavy atom. The molecule has 2 amide bonds. The van der Waals surface area contributed by atoms with E-state index in [-0.39, 0.29) is 23.8 Å². The smallest absolute Gasteiger partial charge is 0.306 e. The minimum atomic E-state index is -0.810. The predicted molar refractivity (Wildman–Crippen MR) is 90.3 cm³/mol. The molecule has 3 atom stereocenters. The number of amides is 2. The monoisotopic (exact) mass is 346 g/mol. The zero-order valence-electron chi connectivity index (χ0n) is 13.9. The number of carboxylic acids is 1. The molecule has 0 unspecified atom stereocenters. The summed E-state index contributed by atoms with van der Waals surface area (Å²) in [4.78, 5) is 35.5. The van der Waals surface area contributed by atoms with E-state index in [2.05, 4.69) is 10.6 Å². The van der Waals surface area contributed by atoms with Crippen LogP contribution < -0.4 is 10.6 Å². The van der Waals surface area contributed by atoms with Crippen molar-refractivity contribution in [3.63, 3.8) is 0 Å². The van der Waals surface area contributed by atoms with Crippen molar-refractivity contribution in [1.29, 1.82) is 0 Å². The summed E-state index contributed by atoms with van der Waals surface area (Å²) < 4.78 is 5.34. The molecule has 1 heterocycles. The van der Waals surface area contributed by atoms with Gasteiger partial charge in [-0.1, -0.05) is 6.07 Å². The van der Waals surface area contributed by atoms with E-state index in [1.807, 2.05) is 0 Å². The molecule has 7 heteroatoms. The molecule has 2 fully saturated rings. The van der Waals surface area contributed by atoms with Crippen LogP contribution >= 0.6 is 0 Å². The summed E-state index contributed by atoms with van der Waals surface area (Å²) in [5, 5.41) is 14.7. The summed E-state index contributed by atoms with van der Waals surface area (Å²) in [6.07, 6.45) is 2.85. The number of aliphatic carboxylic acids is 1. The third kappa shape index (κ3) is 4.36. The molecular formula is C18H22N2O5. The van der Waals surface area contributed by atoms with Gasteiger partial charge in [-0.05, 0) is 50.3 Å². The van der Waals surface area contributed by atoms with E-state index in [1.165, 1.54) is 0 Å². The molecule has 3 N–H and O–H groups in total. The van der Waals surface area contributed by atoms with Crippen LogP contribution in [0.25, 0.3) is 0 Å². The fourth-order valence-electron chi connectivity index (χ4n) is 3.35. The van der Waals surface area contributed by atoms with Crippen LogP contribution in [0.15, 0.2) is 24.3 Å². The highest BCUT2D eigenvalue weighted by Crippen LogP contribution is 2.26. The van der Waals surface area contributed by atoms with Crippen LogP contribution in [0.3, 0.4) is 0 Å². The summed E-state index contributed by atoms with van der Waals surface area (Å²) in [6.45, 7) is 0.596. The Bertz CT molecular complexity index is 669. The van der Waals surface area contributed by atoms with Gasteiger partial charge in [0.1, 0.15) is 6.10 Å². The van der Waals surface area contributed by atoms with Crippen LogP contribution in [-0.2, 0) is 14.3 Å². The van der Waals surface area contributed by atoms with Crippen molar-refractivity contribution >= 4 is 23.5 Å². The van der Waals surface area contributed by atoms with Gasteiger partial charge in [0.15, 0.2) is 0 Å². The van der Waals surface area contributed by atoms with Gasteiger partial charge < -0.3 is 20.5 Å². The van der Waals surface area contributed by atoms with Gasteiger partial charge in [-0.3, -0.25) is 14.4 Å². The number of hydrogen-bond donors (Lipinski definition) is 3. The first kappa shape index (κ1) is 17.4. The first-order valence-corrected chi connectivity index (χ1v) is 8.59. The van der Waals surface area contributed by atoms with E-state index in [4.69, 9.17) is 9.84 Å². The van der Waals surface area contributed by atoms with Crippen LogP contribution in [0.5, 0.6) is 0 Å². The number of benzene rings is 1. The molecule has 0 radical (unpaired) electrons. The Kier molecular flexibility index (Phi) is 5.33. The molecule has 1 aromatic rings. The topological polar surface area (TPSA) is 105 Å². The van der Waals surface area contributed by atoms with Crippen molar-refractivity contribution in [3.8, 4) is 0 Å². The lowest BCUT2D eigenvalue weighted by Crippen LogP contribution is -2.33. The zero-order valence-corrected chi connectivity index (χ0v) is 13.9. The molecule has 1 aliphatic carbocycles. The van der Waals surface area contributed by atoms with Gasteiger partial charge in [0.25, 0.3) is 11.8 Å². The highest BCUT2D eigenvalue weighted by atomic mass is 16.5. The van der Waals surface area contributed by atoms with Crippen LogP contribution in [-0.4, -0.2) is 41.6 Å². The molecule has 2 aliphatic rings. The average Bonchev–Trinajstić information content (AvgIpc) is 3.27. The van der Waals surface area contributed by atoms with Gasteiger partial charge in [-0.2, -0.15) is 0 Å². The summed E-state index contributed by atoms with van der Waals surface area (Å²) in [5.41, 5.74) is 0.979. The molecule has 0 spiro atoms. The van der Waals surface area contributed by atoms with Crippen LogP contribution in [0.4, 0.5) is 5.69 Å². The first-order valence-electron chi connectivity index (χ1n) is 8.59. The second-order valence-electron chi connectivity index (χ2n) is 6.59. The minimum Gasteiger partial charge on any atom is -0.481 e. The standard InChI is InChI=1S/C18H22N2O5/c21-16(19-14-7-6-12(10-14)18(23)24)11-3-1-4-13(9-11)20-17(22)15-5-2-8-25-15/h1,3-4,9,12,14-15H,2,5-8,10H2,(H,19,21)(H,20,22)(H,23,24)/t12-,14-,15+/m1/s1. The van der Waals surface area contributed by atoms with E-state index in [0.29, 0.717) is 43.5 Å². The number of hydrogen-bond acceptors (Lipinski definition) is 4. The number of rotatable bonds is 5. The number of carbonyl (C=O) groups is 3. The van der Waals surface area contributed by atoms with Gasteiger partial charge in [0.2, 0.25) is 0 Å². The average molecular weight is 346 g/mol. The predicted octanol–water partition coefficient (Wildman–Crippen LogP) is 1.79. The van der Waals surface area contributed by atoms with E-state index >= 15 is 0 Å². The highest BCUT2D eigenvalue weighted by molar-refractivity contribution is 5.98.